The summed E-state index contributed by atoms with van der Waals surface area (Å²) in [5.74, 6) is 1.69. The molecule has 3 nitrogen and oxygen atoms in total. The molecule has 0 aliphatic heterocycles. The van der Waals surface area contributed by atoms with E-state index in [4.69, 9.17) is 16.3 Å². The van der Waals surface area contributed by atoms with E-state index >= 15 is 0 Å². The number of carbonyl (C=O) groups is 1. The summed E-state index contributed by atoms with van der Waals surface area (Å²) in [6, 6.07) is 15.5. The van der Waals surface area contributed by atoms with Gasteiger partial charge in [-0.2, -0.15) is 0 Å². The van der Waals surface area contributed by atoms with Crippen LogP contribution in [0, 0.1) is 0 Å². The van der Waals surface area contributed by atoms with Crippen LogP contribution in [0.4, 0.5) is 0 Å². The lowest BCUT2D eigenvalue weighted by atomic mass is 10.1. The summed E-state index contributed by atoms with van der Waals surface area (Å²) in [6.45, 7) is 0.646. The van der Waals surface area contributed by atoms with Crippen molar-refractivity contribution in [3.63, 3.8) is 0 Å². The molecule has 5 heteroatoms. The zero-order chi connectivity index (χ0) is 16.5. The fraction of sp³-hybridized carbons (Fsp3) is 0.278. The van der Waals surface area contributed by atoms with Gasteiger partial charge in [0.05, 0.1) is 7.11 Å². The number of amides is 1. The molecule has 1 N–H and O–H groups in total. The maximum Gasteiger partial charge on any atom is 0.220 e. The normalized spacial score (nSPS) is 10.3. The maximum atomic E-state index is 11.8. The second-order valence-corrected chi connectivity index (χ2v) is 6.61. The first-order valence-corrected chi connectivity index (χ1v) is 8.82. The smallest absolute Gasteiger partial charge is 0.220 e. The van der Waals surface area contributed by atoms with Gasteiger partial charge < -0.3 is 10.1 Å². The third-order valence-electron chi connectivity index (χ3n) is 3.31. The molecule has 1 amide bonds. The van der Waals surface area contributed by atoms with Crippen LogP contribution in [-0.4, -0.2) is 25.3 Å². The quantitative estimate of drug-likeness (QED) is 0.726. The van der Waals surface area contributed by atoms with E-state index in [1.54, 1.807) is 18.9 Å². The number of rotatable bonds is 8. The third-order valence-corrected chi connectivity index (χ3v) is 4.57. The minimum absolute atomic E-state index is 0.0833. The summed E-state index contributed by atoms with van der Waals surface area (Å²) in [6.07, 6.45) is 1.33. The van der Waals surface area contributed by atoms with Crippen LogP contribution in [0.25, 0.3) is 0 Å². The summed E-state index contributed by atoms with van der Waals surface area (Å²) < 4.78 is 5.12. The first-order valence-electron chi connectivity index (χ1n) is 7.45. The van der Waals surface area contributed by atoms with Crippen LogP contribution in [0.5, 0.6) is 5.75 Å². The number of halogens is 1. The van der Waals surface area contributed by atoms with Gasteiger partial charge in [-0.05, 0) is 48.4 Å². The number of carbonyl (C=O) groups excluding carboxylic acids is 1. The third kappa shape index (κ3) is 6.55. The molecular weight excluding hydrogens is 330 g/mol. The molecule has 2 aromatic carbocycles. The predicted octanol–water partition coefficient (Wildman–Crippen LogP) is 4.19. The van der Waals surface area contributed by atoms with Crippen molar-refractivity contribution >= 4 is 29.3 Å². The minimum atomic E-state index is 0.0833. The van der Waals surface area contributed by atoms with Gasteiger partial charge in [0.25, 0.3) is 0 Å². The van der Waals surface area contributed by atoms with Crippen LogP contribution in [0.2, 0.25) is 5.02 Å². The second kappa shape index (κ2) is 9.48. The Morgan fingerprint density at radius 1 is 1.13 bits per heavy atom. The molecule has 0 atom stereocenters. The van der Waals surface area contributed by atoms with E-state index in [0.717, 1.165) is 27.8 Å². The lowest BCUT2D eigenvalue weighted by molar-refractivity contribution is -0.120. The SMILES string of the molecule is COc1ccc(SCCC(=O)NCCc2ccc(Cl)cc2)cc1. The Balaban J connectivity index is 1.62. The van der Waals surface area contributed by atoms with E-state index in [9.17, 15) is 4.79 Å². The molecule has 0 spiro atoms. The van der Waals surface area contributed by atoms with Crippen molar-refractivity contribution in [2.75, 3.05) is 19.4 Å². The molecule has 0 fully saturated rings. The largest absolute Gasteiger partial charge is 0.497 e. The zero-order valence-corrected chi connectivity index (χ0v) is 14.6. The summed E-state index contributed by atoms with van der Waals surface area (Å²) in [5.41, 5.74) is 1.17. The first kappa shape index (κ1) is 17.7. The van der Waals surface area contributed by atoms with Gasteiger partial charge in [-0.15, -0.1) is 11.8 Å². The van der Waals surface area contributed by atoms with Gasteiger partial charge in [-0.25, -0.2) is 0 Å². The number of hydrogen-bond acceptors (Lipinski definition) is 3. The van der Waals surface area contributed by atoms with Gasteiger partial charge in [0.2, 0.25) is 5.91 Å². The standard InChI is InChI=1S/C18H20ClNO2S/c1-22-16-6-8-17(9-7-16)23-13-11-18(21)20-12-10-14-2-4-15(19)5-3-14/h2-9H,10-13H2,1H3,(H,20,21). The molecule has 2 rings (SSSR count). The summed E-state index contributed by atoms with van der Waals surface area (Å²) in [4.78, 5) is 13.0. The highest BCUT2D eigenvalue weighted by atomic mass is 35.5. The molecule has 0 saturated carbocycles. The van der Waals surface area contributed by atoms with Gasteiger partial charge in [-0.3, -0.25) is 4.79 Å². The van der Waals surface area contributed by atoms with Gasteiger partial charge in [0, 0.05) is 28.6 Å². The highest BCUT2D eigenvalue weighted by Gasteiger charge is 2.02. The lowest BCUT2D eigenvalue weighted by Gasteiger charge is -2.06. The Hall–Kier alpha value is -1.65. The van der Waals surface area contributed by atoms with Crippen molar-refractivity contribution in [3.05, 3.63) is 59.1 Å². The Kier molecular flexibility index (Phi) is 7.30. The number of ether oxygens (including phenoxy) is 1. The van der Waals surface area contributed by atoms with Gasteiger partial charge in [0.1, 0.15) is 5.75 Å². The van der Waals surface area contributed by atoms with Crippen molar-refractivity contribution < 1.29 is 9.53 Å². The number of nitrogens with one attached hydrogen (secondary N) is 1. The molecule has 0 unspecified atom stereocenters. The van der Waals surface area contributed by atoms with E-state index < -0.39 is 0 Å². The van der Waals surface area contributed by atoms with E-state index in [2.05, 4.69) is 5.32 Å². The molecule has 0 aromatic heterocycles. The van der Waals surface area contributed by atoms with Crippen molar-refractivity contribution in [2.24, 2.45) is 0 Å². The average Bonchev–Trinajstić information content (AvgIpc) is 2.57. The molecule has 0 radical (unpaired) electrons. The Morgan fingerprint density at radius 2 is 1.83 bits per heavy atom. The zero-order valence-electron chi connectivity index (χ0n) is 13.0. The number of thioether (sulfide) groups is 1. The van der Waals surface area contributed by atoms with Gasteiger partial charge in [0.15, 0.2) is 0 Å². The van der Waals surface area contributed by atoms with E-state index in [0.29, 0.717) is 13.0 Å². The summed E-state index contributed by atoms with van der Waals surface area (Å²) >= 11 is 7.51. The van der Waals surface area contributed by atoms with Crippen molar-refractivity contribution in [2.45, 2.75) is 17.7 Å². The fourth-order valence-corrected chi connectivity index (χ4v) is 3.00. The lowest BCUT2D eigenvalue weighted by Crippen LogP contribution is -2.25. The Bertz CT molecular complexity index is 614. The van der Waals surface area contributed by atoms with Crippen LogP contribution in [0.15, 0.2) is 53.4 Å². The van der Waals surface area contributed by atoms with Crippen LogP contribution < -0.4 is 10.1 Å². The van der Waals surface area contributed by atoms with Crippen molar-refractivity contribution in [1.82, 2.24) is 5.32 Å². The molecule has 0 aliphatic carbocycles. The van der Waals surface area contributed by atoms with E-state index in [1.807, 2.05) is 48.5 Å². The van der Waals surface area contributed by atoms with Crippen molar-refractivity contribution in [3.8, 4) is 5.75 Å². The number of benzene rings is 2. The first-order chi connectivity index (χ1) is 11.2. The topological polar surface area (TPSA) is 38.3 Å². The average molecular weight is 350 g/mol. The second-order valence-electron chi connectivity index (χ2n) is 5.00. The number of hydrogen-bond donors (Lipinski definition) is 1. The van der Waals surface area contributed by atoms with Crippen LogP contribution in [0.3, 0.4) is 0 Å². The fourth-order valence-electron chi connectivity index (χ4n) is 2.02. The predicted molar refractivity (Wildman–Crippen MR) is 96.5 cm³/mol. The highest BCUT2D eigenvalue weighted by Crippen LogP contribution is 2.21. The van der Waals surface area contributed by atoms with E-state index in [-0.39, 0.29) is 5.91 Å². The Labute approximate surface area is 146 Å². The molecular formula is C18H20ClNO2S. The monoisotopic (exact) mass is 349 g/mol. The molecule has 0 bridgehead atoms. The molecule has 23 heavy (non-hydrogen) atoms. The van der Waals surface area contributed by atoms with Gasteiger partial charge >= 0.3 is 0 Å². The van der Waals surface area contributed by atoms with E-state index in [1.165, 1.54) is 5.56 Å². The molecule has 0 heterocycles. The summed E-state index contributed by atoms with van der Waals surface area (Å²) in [7, 11) is 1.65. The van der Waals surface area contributed by atoms with Crippen molar-refractivity contribution in [1.29, 1.82) is 0 Å². The highest BCUT2D eigenvalue weighted by molar-refractivity contribution is 7.99. The molecule has 0 saturated heterocycles. The van der Waals surface area contributed by atoms with Gasteiger partial charge in [-0.1, -0.05) is 23.7 Å². The van der Waals surface area contributed by atoms with Crippen LogP contribution >= 0.6 is 23.4 Å². The van der Waals surface area contributed by atoms with Crippen LogP contribution in [-0.2, 0) is 11.2 Å². The molecule has 2 aromatic rings. The Morgan fingerprint density at radius 3 is 2.48 bits per heavy atom. The molecule has 0 aliphatic rings. The number of methoxy groups -OCH3 is 1. The summed E-state index contributed by atoms with van der Waals surface area (Å²) in [5, 5.41) is 3.67. The van der Waals surface area contributed by atoms with Crippen LogP contribution in [0.1, 0.15) is 12.0 Å². The minimum Gasteiger partial charge on any atom is -0.497 e. The molecule has 122 valence electrons. The maximum absolute atomic E-state index is 11.8.